The van der Waals surface area contributed by atoms with Gasteiger partial charge >= 0.3 is 0 Å². The third-order valence-corrected chi connectivity index (χ3v) is 3.07. The highest BCUT2D eigenvalue weighted by atomic mass is 16.3. The van der Waals surface area contributed by atoms with E-state index < -0.39 is 0 Å². The van der Waals surface area contributed by atoms with Crippen LogP contribution in [0.1, 0.15) is 12.0 Å². The molecule has 0 saturated carbocycles. The van der Waals surface area contributed by atoms with Crippen LogP contribution in [0.5, 0.6) is 0 Å². The number of hydrogen-bond donors (Lipinski definition) is 0. The summed E-state index contributed by atoms with van der Waals surface area (Å²) in [5, 5.41) is 0. The van der Waals surface area contributed by atoms with Gasteiger partial charge in [-0.15, -0.1) is 0 Å². The topological polar surface area (TPSA) is 43.1 Å². The molecule has 1 heterocycles. The van der Waals surface area contributed by atoms with Gasteiger partial charge in [0.15, 0.2) is 5.58 Å². The Labute approximate surface area is 110 Å². The van der Waals surface area contributed by atoms with Gasteiger partial charge in [0.25, 0.3) is 0 Å². The predicted molar refractivity (Wildman–Crippen MR) is 73.8 cm³/mol. The Bertz CT molecular complexity index is 682. The summed E-state index contributed by atoms with van der Waals surface area (Å²) in [5.41, 5.74) is 3.67. The third kappa shape index (κ3) is 2.27. The molecule has 3 nitrogen and oxygen atoms in total. The van der Waals surface area contributed by atoms with Gasteiger partial charge in [-0.25, -0.2) is 4.98 Å². The second-order valence-corrected chi connectivity index (χ2v) is 4.35. The summed E-state index contributed by atoms with van der Waals surface area (Å²) in [4.78, 5) is 15.0. The molecule has 0 bridgehead atoms. The number of oxazole rings is 1. The SMILES string of the molecule is O=CCCc1ccccc1-c1nc2ccccc2o1. The number of hydrogen-bond acceptors (Lipinski definition) is 3. The van der Waals surface area contributed by atoms with Crippen LogP contribution in [0.4, 0.5) is 0 Å². The quantitative estimate of drug-likeness (QED) is 0.665. The summed E-state index contributed by atoms with van der Waals surface area (Å²) in [6, 6.07) is 15.6. The van der Waals surface area contributed by atoms with E-state index in [-0.39, 0.29) is 0 Å². The molecule has 0 N–H and O–H groups in total. The minimum Gasteiger partial charge on any atom is -0.436 e. The molecule has 3 heteroatoms. The molecule has 0 atom stereocenters. The van der Waals surface area contributed by atoms with Gasteiger partial charge in [-0.05, 0) is 30.2 Å². The van der Waals surface area contributed by atoms with Crippen molar-refractivity contribution in [3.05, 3.63) is 54.1 Å². The molecule has 0 spiro atoms. The van der Waals surface area contributed by atoms with E-state index in [4.69, 9.17) is 4.42 Å². The van der Waals surface area contributed by atoms with Crippen molar-refractivity contribution in [3.63, 3.8) is 0 Å². The van der Waals surface area contributed by atoms with E-state index >= 15 is 0 Å². The molecule has 0 aliphatic rings. The second kappa shape index (κ2) is 5.06. The fraction of sp³-hybridized carbons (Fsp3) is 0.125. The van der Waals surface area contributed by atoms with Crippen LogP contribution in [0.15, 0.2) is 52.9 Å². The van der Waals surface area contributed by atoms with Gasteiger partial charge in [-0.1, -0.05) is 30.3 Å². The first-order chi connectivity index (χ1) is 9.38. The van der Waals surface area contributed by atoms with E-state index in [0.29, 0.717) is 18.7 Å². The molecule has 94 valence electrons. The molecule has 3 aromatic rings. The highest BCUT2D eigenvalue weighted by Crippen LogP contribution is 2.27. The largest absolute Gasteiger partial charge is 0.436 e. The van der Waals surface area contributed by atoms with Gasteiger partial charge in [0.2, 0.25) is 5.89 Å². The standard InChI is InChI=1S/C16H13NO2/c18-11-5-7-12-6-1-2-8-13(12)16-17-14-9-3-4-10-15(14)19-16/h1-4,6,8-11H,5,7H2. The first-order valence-corrected chi connectivity index (χ1v) is 6.26. The lowest BCUT2D eigenvalue weighted by atomic mass is 10.0. The summed E-state index contributed by atoms with van der Waals surface area (Å²) >= 11 is 0. The fourth-order valence-corrected chi connectivity index (χ4v) is 2.15. The lowest BCUT2D eigenvalue weighted by Crippen LogP contribution is -1.90. The number of aromatic nitrogens is 1. The van der Waals surface area contributed by atoms with Gasteiger partial charge in [0, 0.05) is 12.0 Å². The minimum atomic E-state index is 0.511. The molecular weight excluding hydrogens is 238 g/mol. The Morgan fingerprint density at radius 1 is 1.05 bits per heavy atom. The highest BCUT2D eigenvalue weighted by Gasteiger charge is 2.11. The summed E-state index contributed by atoms with van der Waals surface area (Å²) in [5.74, 6) is 0.614. The molecule has 0 fully saturated rings. The summed E-state index contributed by atoms with van der Waals surface area (Å²) in [7, 11) is 0. The Morgan fingerprint density at radius 3 is 2.68 bits per heavy atom. The minimum absolute atomic E-state index is 0.511. The van der Waals surface area contributed by atoms with Gasteiger partial charge < -0.3 is 9.21 Å². The number of carbonyl (C=O) groups excluding carboxylic acids is 1. The van der Waals surface area contributed by atoms with Crippen molar-refractivity contribution in [3.8, 4) is 11.5 Å². The number of rotatable bonds is 4. The lowest BCUT2D eigenvalue weighted by Gasteiger charge is -2.03. The van der Waals surface area contributed by atoms with Crippen molar-refractivity contribution in [2.75, 3.05) is 0 Å². The van der Waals surface area contributed by atoms with Crippen LogP contribution < -0.4 is 0 Å². The second-order valence-electron chi connectivity index (χ2n) is 4.35. The van der Waals surface area contributed by atoms with E-state index in [0.717, 1.165) is 28.5 Å². The molecule has 19 heavy (non-hydrogen) atoms. The van der Waals surface area contributed by atoms with Crippen molar-refractivity contribution >= 4 is 17.4 Å². The van der Waals surface area contributed by atoms with Crippen molar-refractivity contribution in [1.29, 1.82) is 0 Å². The molecule has 0 radical (unpaired) electrons. The number of para-hydroxylation sites is 2. The van der Waals surface area contributed by atoms with Crippen molar-refractivity contribution in [2.45, 2.75) is 12.8 Å². The normalized spacial score (nSPS) is 10.7. The van der Waals surface area contributed by atoms with Crippen molar-refractivity contribution in [2.24, 2.45) is 0 Å². The average Bonchev–Trinajstić information content (AvgIpc) is 2.89. The van der Waals surface area contributed by atoms with Crippen molar-refractivity contribution in [1.82, 2.24) is 4.98 Å². The van der Waals surface area contributed by atoms with Gasteiger partial charge in [0.1, 0.15) is 11.8 Å². The van der Waals surface area contributed by atoms with Crippen LogP contribution in [0.25, 0.3) is 22.6 Å². The number of benzene rings is 2. The number of nitrogens with zero attached hydrogens (tertiary/aromatic N) is 1. The van der Waals surface area contributed by atoms with Crippen LogP contribution in [-0.4, -0.2) is 11.3 Å². The molecule has 3 rings (SSSR count). The zero-order valence-electron chi connectivity index (χ0n) is 10.4. The number of fused-ring (bicyclic) bond motifs is 1. The van der Waals surface area contributed by atoms with Gasteiger partial charge in [-0.3, -0.25) is 0 Å². The number of aryl methyl sites for hydroxylation is 1. The smallest absolute Gasteiger partial charge is 0.227 e. The molecule has 0 unspecified atom stereocenters. The summed E-state index contributed by atoms with van der Waals surface area (Å²) in [6.07, 6.45) is 2.15. The Balaban J connectivity index is 2.07. The predicted octanol–water partition coefficient (Wildman–Crippen LogP) is 3.63. The summed E-state index contributed by atoms with van der Waals surface area (Å²) in [6.45, 7) is 0. The van der Waals surface area contributed by atoms with E-state index in [9.17, 15) is 4.79 Å². The molecule has 2 aromatic carbocycles. The van der Waals surface area contributed by atoms with Gasteiger partial charge in [-0.2, -0.15) is 0 Å². The molecule has 1 aromatic heterocycles. The van der Waals surface area contributed by atoms with Crippen LogP contribution in [0.3, 0.4) is 0 Å². The van der Waals surface area contributed by atoms with E-state index in [2.05, 4.69) is 4.98 Å². The van der Waals surface area contributed by atoms with Crippen LogP contribution >= 0.6 is 0 Å². The first-order valence-electron chi connectivity index (χ1n) is 6.26. The highest BCUT2D eigenvalue weighted by molar-refractivity contribution is 5.76. The summed E-state index contributed by atoms with van der Waals surface area (Å²) < 4.78 is 5.78. The zero-order chi connectivity index (χ0) is 13.1. The Morgan fingerprint density at radius 2 is 1.84 bits per heavy atom. The van der Waals surface area contributed by atoms with E-state index in [1.165, 1.54) is 0 Å². The molecule has 0 aliphatic heterocycles. The van der Waals surface area contributed by atoms with Crippen LogP contribution in [0.2, 0.25) is 0 Å². The maximum atomic E-state index is 10.5. The first kappa shape index (κ1) is 11.7. The van der Waals surface area contributed by atoms with E-state index in [1.54, 1.807) is 0 Å². The number of aldehydes is 1. The zero-order valence-corrected chi connectivity index (χ0v) is 10.4. The Kier molecular flexibility index (Phi) is 3.11. The maximum Gasteiger partial charge on any atom is 0.227 e. The Hall–Kier alpha value is -2.42. The fourth-order valence-electron chi connectivity index (χ4n) is 2.15. The third-order valence-electron chi connectivity index (χ3n) is 3.07. The number of carbonyl (C=O) groups is 1. The van der Waals surface area contributed by atoms with Crippen LogP contribution in [0, 0.1) is 0 Å². The molecule has 0 saturated heterocycles. The average molecular weight is 251 g/mol. The molecule has 0 aliphatic carbocycles. The van der Waals surface area contributed by atoms with Crippen LogP contribution in [-0.2, 0) is 11.2 Å². The van der Waals surface area contributed by atoms with E-state index in [1.807, 2.05) is 48.5 Å². The lowest BCUT2D eigenvalue weighted by molar-refractivity contribution is -0.107. The van der Waals surface area contributed by atoms with Gasteiger partial charge in [0.05, 0.1) is 0 Å². The maximum absolute atomic E-state index is 10.5. The monoisotopic (exact) mass is 251 g/mol. The van der Waals surface area contributed by atoms with Crippen molar-refractivity contribution < 1.29 is 9.21 Å². The molecular formula is C16H13NO2. The molecule has 0 amide bonds.